The van der Waals surface area contributed by atoms with Crippen molar-refractivity contribution in [2.45, 2.75) is 12.5 Å². The summed E-state index contributed by atoms with van der Waals surface area (Å²) in [4.78, 5) is 27.5. The van der Waals surface area contributed by atoms with Gasteiger partial charge in [0.1, 0.15) is 6.04 Å². The molecule has 2 aliphatic rings. The van der Waals surface area contributed by atoms with Gasteiger partial charge in [0.25, 0.3) is 5.91 Å². The minimum absolute atomic E-state index is 0.203. The van der Waals surface area contributed by atoms with E-state index in [9.17, 15) is 9.59 Å². The molecule has 1 aromatic carbocycles. The lowest BCUT2D eigenvalue weighted by molar-refractivity contribution is -0.162. The number of carbonyl (C=O) groups excluding carboxylic acids is 2. The van der Waals surface area contributed by atoms with E-state index in [1.54, 1.807) is 12.1 Å². The Hall–Kier alpha value is -1.84. The van der Waals surface area contributed by atoms with Gasteiger partial charge in [0.15, 0.2) is 0 Å². The van der Waals surface area contributed by atoms with Crippen molar-refractivity contribution >= 4 is 11.9 Å². The van der Waals surface area contributed by atoms with Crippen molar-refractivity contribution in [3.05, 3.63) is 35.4 Å². The van der Waals surface area contributed by atoms with Gasteiger partial charge in [-0.05, 0) is 11.6 Å². The van der Waals surface area contributed by atoms with Crippen LogP contribution in [0.2, 0.25) is 0 Å². The van der Waals surface area contributed by atoms with Gasteiger partial charge >= 0.3 is 5.97 Å². The van der Waals surface area contributed by atoms with E-state index in [1.807, 2.05) is 12.1 Å². The SMILES string of the molecule is O=C1CC2c3ccccc3C(=O)N2O1. The van der Waals surface area contributed by atoms with Crippen LogP contribution in [-0.4, -0.2) is 16.9 Å². The second-order valence-corrected chi connectivity index (χ2v) is 3.40. The molecule has 1 unspecified atom stereocenters. The predicted octanol–water partition coefficient (Wildman–Crippen LogP) is 1.05. The first-order valence-electron chi connectivity index (χ1n) is 4.40. The van der Waals surface area contributed by atoms with E-state index >= 15 is 0 Å². The third-order valence-electron chi connectivity index (χ3n) is 2.59. The molecule has 3 rings (SSSR count). The second-order valence-electron chi connectivity index (χ2n) is 3.40. The highest BCUT2D eigenvalue weighted by atomic mass is 16.7. The first-order chi connectivity index (χ1) is 6.77. The Morgan fingerprint density at radius 2 is 2.07 bits per heavy atom. The summed E-state index contributed by atoms with van der Waals surface area (Å²) in [6.07, 6.45) is 0.267. The van der Waals surface area contributed by atoms with Gasteiger partial charge in [0, 0.05) is 5.56 Å². The number of carbonyl (C=O) groups is 2. The molecular weight excluding hydrogens is 182 g/mol. The number of nitrogens with zero attached hydrogens (tertiary/aromatic N) is 1. The van der Waals surface area contributed by atoms with Gasteiger partial charge in [0.2, 0.25) is 0 Å². The van der Waals surface area contributed by atoms with Gasteiger partial charge in [-0.1, -0.05) is 18.2 Å². The average molecular weight is 189 g/mol. The number of fused-ring (bicyclic) bond motifs is 3. The number of benzene rings is 1. The molecule has 0 spiro atoms. The van der Waals surface area contributed by atoms with Crippen LogP contribution in [0, 0.1) is 0 Å². The first-order valence-corrected chi connectivity index (χ1v) is 4.40. The Morgan fingerprint density at radius 3 is 2.93 bits per heavy atom. The molecule has 4 nitrogen and oxygen atoms in total. The Bertz CT molecular complexity index is 441. The van der Waals surface area contributed by atoms with Crippen LogP contribution < -0.4 is 0 Å². The maximum Gasteiger partial charge on any atom is 0.335 e. The van der Waals surface area contributed by atoms with Crippen LogP contribution in [0.1, 0.15) is 28.4 Å². The average Bonchev–Trinajstić information content (AvgIpc) is 2.68. The van der Waals surface area contributed by atoms with Crippen molar-refractivity contribution in [1.82, 2.24) is 5.06 Å². The molecule has 1 saturated heterocycles. The maximum atomic E-state index is 11.7. The van der Waals surface area contributed by atoms with Crippen molar-refractivity contribution in [2.24, 2.45) is 0 Å². The largest absolute Gasteiger partial charge is 0.337 e. The minimum Gasteiger partial charge on any atom is -0.337 e. The van der Waals surface area contributed by atoms with Gasteiger partial charge in [-0.2, -0.15) is 5.06 Å². The van der Waals surface area contributed by atoms with Crippen molar-refractivity contribution in [2.75, 3.05) is 0 Å². The van der Waals surface area contributed by atoms with Crippen LogP contribution in [-0.2, 0) is 9.63 Å². The standard InChI is InChI=1S/C10H7NO3/c12-9-5-8-6-3-1-2-4-7(6)10(13)11(8)14-9/h1-4,8H,5H2. The van der Waals surface area contributed by atoms with Crippen molar-refractivity contribution in [1.29, 1.82) is 0 Å². The minimum atomic E-state index is -0.335. The number of rotatable bonds is 0. The zero-order valence-corrected chi connectivity index (χ0v) is 7.27. The fourth-order valence-corrected chi connectivity index (χ4v) is 1.97. The summed E-state index contributed by atoms with van der Waals surface area (Å²) in [6, 6.07) is 7.08. The summed E-state index contributed by atoms with van der Waals surface area (Å²) in [5, 5.41) is 1.17. The van der Waals surface area contributed by atoms with Crippen LogP contribution in [0.15, 0.2) is 24.3 Å². The Morgan fingerprint density at radius 1 is 1.29 bits per heavy atom. The lowest BCUT2D eigenvalue weighted by Gasteiger charge is -2.10. The molecule has 0 bridgehead atoms. The van der Waals surface area contributed by atoms with Crippen LogP contribution >= 0.6 is 0 Å². The van der Waals surface area contributed by atoms with Crippen LogP contribution in [0.5, 0.6) is 0 Å². The molecule has 1 fully saturated rings. The van der Waals surface area contributed by atoms with E-state index in [2.05, 4.69) is 0 Å². The number of amides is 1. The molecule has 0 aromatic heterocycles. The maximum absolute atomic E-state index is 11.7. The zero-order valence-electron chi connectivity index (χ0n) is 7.27. The molecule has 4 heteroatoms. The normalized spacial score (nSPS) is 23.4. The highest BCUT2D eigenvalue weighted by molar-refractivity contribution is 6.00. The Kier molecular flexibility index (Phi) is 1.27. The lowest BCUT2D eigenvalue weighted by Crippen LogP contribution is -2.22. The van der Waals surface area contributed by atoms with Crippen molar-refractivity contribution < 1.29 is 14.4 Å². The van der Waals surface area contributed by atoms with E-state index in [-0.39, 0.29) is 24.3 Å². The smallest absolute Gasteiger partial charge is 0.335 e. The highest BCUT2D eigenvalue weighted by Crippen LogP contribution is 2.39. The number of hydrogen-bond acceptors (Lipinski definition) is 3. The number of hydrogen-bond donors (Lipinski definition) is 0. The molecule has 2 heterocycles. The zero-order chi connectivity index (χ0) is 9.71. The van der Waals surface area contributed by atoms with E-state index in [0.29, 0.717) is 5.56 Å². The monoisotopic (exact) mass is 189 g/mol. The van der Waals surface area contributed by atoms with Gasteiger partial charge < -0.3 is 4.84 Å². The molecule has 1 aromatic rings. The van der Waals surface area contributed by atoms with Gasteiger partial charge in [0.05, 0.1) is 6.42 Å². The molecule has 1 atom stereocenters. The second kappa shape index (κ2) is 2.35. The highest BCUT2D eigenvalue weighted by Gasteiger charge is 2.45. The van der Waals surface area contributed by atoms with E-state index in [0.717, 1.165) is 5.56 Å². The predicted molar refractivity (Wildman–Crippen MR) is 46.1 cm³/mol. The summed E-state index contributed by atoms with van der Waals surface area (Å²) >= 11 is 0. The molecule has 1 amide bonds. The van der Waals surface area contributed by atoms with Gasteiger partial charge in [-0.3, -0.25) is 4.79 Å². The van der Waals surface area contributed by atoms with Crippen molar-refractivity contribution in [3.63, 3.8) is 0 Å². The Labute approximate surface area is 80.0 Å². The van der Waals surface area contributed by atoms with Gasteiger partial charge in [-0.15, -0.1) is 0 Å². The summed E-state index contributed by atoms with van der Waals surface area (Å²) in [6.45, 7) is 0. The lowest BCUT2D eigenvalue weighted by atomic mass is 10.0. The summed E-state index contributed by atoms with van der Waals surface area (Å²) in [5.41, 5.74) is 1.54. The van der Waals surface area contributed by atoms with Crippen molar-refractivity contribution in [3.8, 4) is 0 Å². The molecule has 0 radical (unpaired) electrons. The summed E-state index contributed by atoms with van der Waals surface area (Å²) in [5.74, 6) is -0.547. The van der Waals surface area contributed by atoms with Crippen LogP contribution in [0.25, 0.3) is 0 Å². The molecule has 0 aliphatic carbocycles. The van der Waals surface area contributed by atoms with Gasteiger partial charge in [-0.25, -0.2) is 4.79 Å². The van der Waals surface area contributed by atoms with E-state index < -0.39 is 0 Å². The quantitative estimate of drug-likeness (QED) is 0.612. The molecule has 0 N–H and O–H groups in total. The molecular formula is C10H7NO3. The number of hydroxylamine groups is 2. The van der Waals surface area contributed by atoms with Crippen LogP contribution in [0.4, 0.5) is 0 Å². The summed E-state index contributed by atoms with van der Waals surface area (Å²) < 4.78 is 0. The topological polar surface area (TPSA) is 46.6 Å². The third-order valence-corrected chi connectivity index (χ3v) is 2.59. The summed E-state index contributed by atoms with van der Waals surface area (Å²) in [7, 11) is 0. The fourth-order valence-electron chi connectivity index (χ4n) is 1.97. The molecule has 70 valence electrons. The molecule has 0 saturated carbocycles. The molecule has 14 heavy (non-hydrogen) atoms. The van der Waals surface area contributed by atoms with Crippen LogP contribution in [0.3, 0.4) is 0 Å². The van der Waals surface area contributed by atoms with E-state index in [1.165, 1.54) is 5.06 Å². The molecule has 2 aliphatic heterocycles. The fraction of sp³-hybridized carbons (Fsp3) is 0.200. The first kappa shape index (κ1) is 7.55. The Balaban J connectivity index is 2.16. The third kappa shape index (κ3) is 0.775. The van der Waals surface area contributed by atoms with E-state index in [4.69, 9.17) is 4.84 Å².